The van der Waals surface area contributed by atoms with E-state index in [-0.39, 0.29) is 0 Å². The molecule has 0 radical (unpaired) electrons. The predicted molar refractivity (Wildman–Crippen MR) is 59.1 cm³/mol. The lowest BCUT2D eigenvalue weighted by Crippen LogP contribution is -1.99. The fourth-order valence-corrected chi connectivity index (χ4v) is 2.32. The van der Waals surface area contributed by atoms with Crippen molar-refractivity contribution in [3.8, 4) is 0 Å². The zero-order chi connectivity index (χ0) is 9.97. The van der Waals surface area contributed by atoms with Crippen LogP contribution in [0.1, 0.15) is 10.7 Å². The van der Waals surface area contributed by atoms with Gasteiger partial charge in [-0.25, -0.2) is 4.98 Å². The highest BCUT2D eigenvalue weighted by atomic mass is 35.5. The van der Waals surface area contributed by atoms with Crippen LogP contribution >= 0.6 is 34.7 Å². The number of hydrogen-bond donors (Lipinski definition) is 1. The van der Waals surface area contributed by atoms with Gasteiger partial charge in [-0.3, -0.25) is 0 Å². The quantitative estimate of drug-likeness (QED) is 0.905. The number of halogens is 1. The Balaban J connectivity index is 1.98. The minimum atomic E-state index is 0.420. The molecule has 0 fully saturated rings. The second-order valence-corrected chi connectivity index (χ2v) is 4.47. The zero-order valence-corrected chi connectivity index (χ0v) is 9.71. The molecule has 0 saturated carbocycles. The molecule has 0 aliphatic heterocycles. The van der Waals surface area contributed by atoms with Gasteiger partial charge in [0, 0.05) is 11.1 Å². The van der Waals surface area contributed by atoms with Crippen molar-refractivity contribution in [3.63, 3.8) is 0 Å². The largest absolute Gasteiger partial charge is 0.360 e. The number of hydrogen-bond acceptors (Lipinski definition) is 6. The van der Waals surface area contributed by atoms with E-state index in [1.54, 1.807) is 11.3 Å². The van der Waals surface area contributed by atoms with E-state index in [0.29, 0.717) is 17.5 Å². The van der Waals surface area contributed by atoms with Gasteiger partial charge in [0.1, 0.15) is 5.01 Å². The molecule has 2 aromatic heterocycles. The number of anilines is 1. The molecular weight excluding hydrogens is 240 g/mol. The highest BCUT2D eigenvalue weighted by Gasteiger charge is 2.05. The molecule has 0 spiro atoms. The maximum atomic E-state index is 5.77. The molecule has 0 bridgehead atoms. The van der Waals surface area contributed by atoms with Crippen LogP contribution in [0.3, 0.4) is 0 Å². The number of nitrogens with one attached hydrogen (secondary N) is 1. The van der Waals surface area contributed by atoms with E-state index in [1.807, 2.05) is 12.3 Å². The third-order valence-corrected chi connectivity index (χ3v) is 3.38. The Morgan fingerprint density at radius 3 is 2.93 bits per heavy atom. The molecule has 1 N–H and O–H groups in total. The van der Waals surface area contributed by atoms with Crippen molar-refractivity contribution < 1.29 is 0 Å². The molecule has 0 atom stereocenters. The van der Waals surface area contributed by atoms with E-state index < -0.39 is 0 Å². The summed E-state index contributed by atoms with van der Waals surface area (Å²) in [5.74, 6) is 0.629. The van der Waals surface area contributed by atoms with Crippen molar-refractivity contribution in [1.82, 2.24) is 13.7 Å². The second-order valence-electron chi connectivity index (χ2n) is 2.64. The average molecular weight is 247 g/mol. The van der Waals surface area contributed by atoms with Crippen molar-refractivity contribution >= 4 is 40.5 Å². The van der Waals surface area contributed by atoms with Crippen molar-refractivity contribution in [2.45, 2.75) is 13.5 Å². The van der Waals surface area contributed by atoms with E-state index >= 15 is 0 Å². The van der Waals surface area contributed by atoms with Crippen molar-refractivity contribution in [2.75, 3.05) is 5.32 Å². The monoisotopic (exact) mass is 246 g/mol. The normalized spacial score (nSPS) is 10.4. The minimum absolute atomic E-state index is 0.420. The number of aromatic nitrogens is 3. The van der Waals surface area contributed by atoms with Crippen LogP contribution < -0.4 is 5.32 Å². The van der Waals surface area contributed by atoms with E-state index in [0.717, 1.165) is 22.4 Å². The summed E-state index contributed by atoms with van der Waals surface area (Å²) in [6.45, 7) is 2.61. The van der Waals surface area contributed by atoms with Gasteiger partial charge >= 0.3 is 0 Å². The smallest absolute Gasteiger partial charge is 0.186 e. The van der Waals surface area contributed by atoms with E-state index in [1.165, 1.54) is 0 Å². The summed E-state index contributed by atoms with van der Waals surface area (Å²) in [6, 6.07) is 0. The van der Waals surface area contributed by atoms with Crippen LogP contribution in [0.2, 0.25) is 5.15 Å². The van der Waals surface area contributed by atoms with Crippen LogP contribution in [-0.4, -0.2) is 13.7 Å². The van der Waals surface area contributed by atoms with Gasteiger partial charge in [0.05, 0.1) is 18.3 Å². The Kier molecular flexibility index (Phi) is 2.95. The summed E-state index contributed by atoms with van der Waals surface area (Å²) in [5.41, 5.74) is 1.04. The average Bonchev–Trinajstić information content (AvgIpc) is 2.72. The molecule has 0 unspecified atom stereocenters. The van der Waals surface area contributed by atoms with Crippen LogP contribution in [-0.2, 0) is 6.54 Å². The first-order valence-corrected chi connectivity index (χ1v) is 5.87. The van der Waals surface area contributed by atoms with Gasteiger partial charge in [-0.2, -0.15) is 8.75 Å². The predicted octanol–water partition coefficient (Wildman–Crippen LogP) is 2.57. The molecule has 0 amide bonds. The summed E-state index contributed by atoms with van der Waals surface area (Å²) in [5, 5.41) is 6.53. The van der Waals surface area contributed by atoms with Gasteiger partial charge in [0.15, 0.2) is 11.0 Å². The molecular formula is C7H7ClN4S2. The molecule has 0 aromatic carbocycles. The maximum absolute atomic E-state index is 5.77. The van der Waals surface area contributed by atoms with Gasteiger partial charge < -0.3 is 5.32 Å². The first kappa shape index (κ1) is 9.82. The van der Waals surface area contributed by atoms with Crippen LogP contribution in [0.25, 0.3) is 0 Å². The molecule has 0 aliphatic rings. The molecule has 2 rings (SSSR count). The van der Waals surface area contributed by atoms with E-state index in [2.05, 4.69) is 19.0 Å². The molecule has 14 heavy (non-hydrogen) atoms. The second kappa shape index (κ2) is 4.20. The zero-order valence-electron chi connectivity index (χ0n) is 7.32. The molecule has 74 valence electrons. The summed E-state index contributed by atoms with van der Waals surface area (Å²) in [7, 11) is 0. The third kappa shape index (κ3) is 2.20. The first-order chi connectivity index (χ1) is 6.75. The lowest BCUT2D eigenvalue weighted by molar-refractivity contribution is 1.07. The van der Waals surface area contributed by atoms with E-state index in [4.69, 9.17) is 11.6 Å². The topological polar surface area (TPSA) is 50.7 Å². The number of nitrogens with zero attached hydrogens (tertiary/aromatic N) is 3. The molecule has 7 heteroatoms. The van der Waals surface area contributed by atoms with Crippen molar-refractivity contribution in [3.05, 3.63) is 21.2 Å². The molecule has 0 aliphatic carbocycles. The SMILES string of the molecule is Cc1csc(CNc2nsnc2Cl)n1. The molecule has 4 nitrogen and oxygen atoms in total. The Bertz CT molecular complexity index is 425. The lowest BCUT2D eigenvalue weighted by atomic mass is 10.5. The lowest BCUT2D eigenvalue weighted by Gasteiger charge is -1.98. The number of thiazole rings is 1. The number of rotatable bonds is 3. The van der Waals surface area contributed by atoms with Gasteiger partial charge in [0.25, 0.3) is 0 Å². The summed E-state index contributed by atoms with van der Waals surface area (Å²) >= 11 is 8.48. The van der Waals surface area contributed by atoms with Gasteiger partial charge in [-0.1, -0.05) is 11.6 Å². The van der Waals surface area contributed by atoms with Crippen molar-refractivity contribution in [1.29, 1.82) is 0 Å². The fourth-order valence-electron chi connectivity index (χ4n) is 0.926. The Morgan fingerprint density at radius 1 is 1.50 bits per heavy atom. The Morgan fingerprint density at radius 2 is 2.36 bits per heavy atom. The van der Waals surface area contributed by atoms with E-state index in [9.17, 15) is 0 Å². The Labute approximate surface area is 94.3 Å². The summed E-state index contributed by atoms with van der Waals surface area (Å²) in [6.07, 6.45) is 0. The van der Waals surface area contributed by atoms with Crippen LogP contribution in [0, 0.1) is 6.92 Å². The third-order valence-electron chi connectivity index (χ3n) is 1.52. The maximum Gasteiger partial charge on any atom is 0.186 e. The van der Waals surface area contributed by atoms with Crippen molar-refractivity contribution in [2.24, 2.45) is 0 Å². The van der Waals surface area contributed by atoms with Gasteiger partial charge in [0.2, 0.25) is 0 Å². The van der Waals surface area contributed by atoms with Gasteiger partial charge in [-0.15, -0.1) is 11.3 Å². The number of aryl methyl sites for hydroxylation is 1. The molecule has 2 heterocycles. The first-order valence-electron chi connectivity index (χ1n) is 3.88. The van der Waals surface area contributed by atoms with Crippen LogP contribution in [0.4, 0.5) is 5.82 Å². The Hall–Kier alpha value is -0.720. The minimum Gasteiger partial charge on any atom is -0.360 e. The highest BCUT2D eigenvalue weighted by molar-refractivity contribution is 7.09. The fraction of sp³-hybridized carbons (Fsp3) is 0.286. The summed E-state index contributed by atoms with van der Waals surface area (Å²) < 4.78 is 7.85. The van der Waals surface area contributed by atoms with Gasteiger partial charge in [-0.05, 0) is 6.92 Å². The molecule has 2 aromatic rings. The highest BCUT2D eigenvalue weighted by Crippen LogP contribution is 2.19. The standard InChI is InChI=1S/C7H7ClN4S2/c1-4-3-13-5(10-4)2-9-7-6(8)11-14-12-7/h3H,2H2,1H3,(H,9,12). The molecule has 0 saturated heterocycles. The van der Waals surface area contributed by atoms with Crippen LogP contribution in [0.5, 0.6) is 0 Å². The van der Waals surface area contributed by atoms with Crippen LogP contribution in [0.15, 0.2) is 5.38 Å². The summed E-state index contributed by atoms with van der Waals surface area (Å²) in [4.78, 5) is 4.31.